The molecule has 0 atom stereocenters. The van der Waals surface area contributed by atoms with Gasteiger partial charge in [-0.2, -0.15) is 5.10 Å². The molecule has 0 aliphatic carbocycles. The van der Waals surface area contributed by atoms with Crippen LogP contribution in [0.3, 0.4) is 0 Å². The molecule has 2 rings (SSSR count). The second-order valence-corrected chi connectivity index (χ2v) is 5.15. The minimum absolute atomic E-state index is 0.221. The highest BCUT2D eigenvalue weighted by atomic mass is 16.1. The summed E-state index contributed by atoms with van der Waals surface area (Å²) in [5.41, 5.74) is 8.93. The van der Waals surface area contributed by atoms with Crippen LogP contribution in [-0.4, -0.2) is 30.2 Å². The van der Waals surface area contributed by atoms with Crippen LogP contribution in [0.2, 0.25) is 0 Å². The van der Waals surface area contributed by atoms with Crippen molar-refractivity contribution in [1.29, 1.82) is 0 Å². The number of nitrogens with two attached hydrogens (primary N) is 1. The molecule has 0 saturated carbocycles. The molecule has 0 aliphatic rings. The molecule has 0 bridgehead atoms. The van der Waals surface area contributed by atoms with Gasteiger partial charge < -0.3 is 16.0 Å². The topological polar surface area (TPSA) is 87.0 Å². The van der Waals surface area contributed by atoms with Gasteiger partial charge in [0, 0.05) is 31.4 Å². The van der Waals surface area contributed by atoms with Gasteiger partial charge in [0.05, 0.1) is 11.4 Å². The fourth-order valence-corrected chi connectivity index (χ4v) is 2.11. The maximum absolute atomic E-state index is 12.2. The van der Waals surface area contributed by atoms with E-state index in [1.165, 1.54) is 0 Å². The van der Waals surface area contributed by atoms with Crippen molar-refractivity contribution >= 4 is 23.1 Å². The lowest BCUT2D eigenvalue weighted by molar-refractivity contribution is 0.102. The second kappa shape index (κ2) is 6.30. The number of benzene rings is 1. The van der Waals surface area contributed by atoms with E-state index < -0.39 is 0 Å². The Kier molecular flexibility index (Phi) is 4.47. The first-order chi connectivity index (χ1) is 10.0. The number of amides is 1. The largest absolute Gasteiger partial charge is 0.397 e. The Bertz CT molecular complexity index is 633. The molecule has 0 spiro atoms. The number of aromatic amines is 1. The average Bonchev–Trinajstić information content (AvgIpc) is 2.86. The standard InChI is InChI=1S/C15H21N5O/c1-4-5-11-9-14(19-18-11)17-15(21)10-6-7-13(20(2)3)12(16)8-10/h6-9H,4-5,16H2,1-3H3,(H2,17,18,19,21). The Morgan fingerprint density at radius 2 is 2.14 bits per heavy atom. The molecule has 0 aliphatic heterocycles. The Balaban J connectivity index is 2.10. The van der Waals surface area contributed by atoms with Crippen LogP contribution in [0.5, 0.6) is 0 Å². The predicted octanol–water partition coefficient (Wildman–Crippen LogP) is 2.26. The number of nitrogens with one attached hydrogen (secondary N) is 2. The van der Waals surface area contributed by atoms with E-state index in [9.17, 15) is 4.79 Å². The smallest absolute Gasteiger partial charge is 0.256 e. The molecule has 112 valence electrons. The lowest BCUT2D eigenvalue weighted by Gasteiger charge is -2.15. The van der Waals surface area contributed by atoms with Gasteiger partial charge in [-0.15, -0.1) is 0 Å². The van der Waals surface area contributed by atoms with E-state index in [2.05, 4.69) is 22.4 Å². The van der Waals surface area contributed by atoms with Gasteiger partial charge in [-0.1, -0.05) is 13.3 Å². The summed E-state index contributed by atoms with van der Waals surface area (Å²) in [6.07, 6.45) is 1.94. The maximum atomic E-state index is 12.2. The van der Waals surface area contributed by atoms with Crippen LogP contribution in [0.25, 0.3) is 0 Å². The van der Waals surface area contributed by atoms with Gasteiger partial charge >= 0.3 is 0 Å². The fourth-order valence-electron chi connectivity index (χ4n) is 2.11. The van der Waals surface area contributed by atoms with Crippen LogP contribution in [0, 0.1) is 0 Å². The SMILES string of the molecule is CCCc1cc(NC(=O)c2ccc(N(C)C)c(N)c2)n[nH]1. The van der Waals surface area contributed by atoms with Crippen molar-refractivity contribution in [3.8, 4) is 0 Å². The van der Waals surface area contributed by atoms with Gasteiger partial charge in [0.2, 0.25) is 0 Å². The number of nitrogen functional groups attached to an aromatic ring is 1. The summed E-state index contributed by atoms with van der Waals surface area (Å²) in [7, 11) is 3.81. The molecule has 6 heteroatoms. The zero-order chi connectivity index (χ0) is 15.4. The fraction of sp³-hybridized carbons (Fsp3) is 0.333. The van der Waals surface area contributed by atoms with E-state index in [1.807, 2.05) is 31.1 Å². The van der Waals surface area contributed by atoms with Crippen LogP contribution >= 0.6 is 0 Å². The molecule has 6 nitrogen and oxygen atoms in total. The molecule has 1 amide bonds. The van der Waals surface area contributed by atoms with E-state index in [-0.39, 0.29) is 5.91 Å². The minimum atomic E-state index is -0.221. The summed E-state index contributed by atoms with van der Waals surface area (Å²) in [6, 6.07) is 7.10. The highest BCUT2D eigenvalue weighted by Gasteiger charge is 2.11. The van der Waals surface area contributed by atoms with Crippen molar-refractivity contribution in [1.82, 2.24) is 10.2 Å². The number of hydrogen-bond donors (Lipinski definition) is 3. The Labute approximate surface area is 124 Å². The third-order valence-electron chi connectivity index (χ3n) is 3.16. The van der Waals surface area contributed by atoms with Gasteiger partial charge in [-0.05, 0) is 24.6 Å². The summed E-state index contributed by atoms with van der Waals surface area (Å²) >= 11 is 0. The van der Waals surface area contributed by atoms with Crippen molar-refractivity contribution in [3.63, 3.8) is 0 Å². The first-order valence-corrected chi connectivity index (χ1v) is 6.93. The first kappa shape index (κ1) is 14.9. The van der Waals surface area contributed by atoms with Crippen molar-refractivity contribution in [2.75, 3.05) is 30.0 Å². The van der Waals surface area contributed by atoms with Crippen molar-refractivity contribution in [2.45, 2.75) is 19.8 Å². The highest BCUT2D eigenvalue weighted by molar-refractivity contribution is 6.04. The molecule has 1 aromatic heterocycles. The monoisotopic (exact) mass is 287 g/mol. The molecule has 4 N–H and O–H groups in total. The van der Waals surface area contributed by atoms with Crippen LogP contribution in [0.1, 0.15) is 29.4 Å². The first-order valence-electron chi connectivity index (χ1n) is 6.93. The van der Waals surface area contributed by atoms with Crippen LogP contribution in [-0.2, 0) is 6.42 Å². The Hall–Kier alpha value is -2.50. The number of aromatic nitrogens is 2. The number of carbonyl (C=O) groups excluding carboxylic acids is 1. The van der Waals surface area contributed by atoms with Gasteiger partial charge in [0.15, 0.2) is 5.82 Å². The third-order valence-corrected chi connectivity index (χ3v) is 3.16. The number of hydrogen-bond acceptors (Lipinski definition) is 4. The molecule has 0 fully saturated rings. The summed E-state index contributed by atoms with van der Waals surface area (Å²) in [6.45, 7) is 2.09. The third kappa shape index (κ3) is 3.53. The Morgan fingerprint density at radius 1 is 1.38 bits per heavy atom. The normalized spacial score (nSPS) is 10.4. The molecular weight excluding hydrogens is 266 g/mol. The van der Waals surface area contributed by atoms with E-state index in [0.717, 1.165) is 24.2 Å². The number of H-pyrrole nitrogens is 1. The Morgan fingerprint density at radius 3 is 2.76 bits per heavy atom. The number of nitrogens with zero attached hydrogens (tertiary/aromatic N) is 2. The number of rotatable bonds is 5. The number of carbonyl (C=O) groups is 1. The summed E-state index contributed by atoms with van der Waals surface area (Å²) in [5.74, 6) is 0.306. The summed E-state index contributed by atoms with van der Waals surface area (Å²) < 4.78 is 0. The maximum Gasteiger partial charge on any atom is 0.256 e. The van der Waals surface area contributed by atoms with Crippen LogP contribution < -0.4 is 16.0 Å². The van der Waals surface area contributed by atoms with Crippen LogP contribution in [0.4, 0.5) is 17.2 Å². The van der Waals surface area contributed by atoms with Gasteiger partial charge in [0.1, 0.15) is 0 Å². The molecular formula is C15H21N5O. The molecule has 1 aromatic carbocycles. The van der Waals surface area contributed by atoms with Gasteiger partial charge in [-0.25, -0.2) is 0 Å². The van der Waals surface area contributed by atoms with E-state index >= 15 is 0 Å². The minimum Gasteiger partial charge on any atom is -0.397 e. The van der Waals surface area contributed by atoms with Gasteiger partial charge in [0.25, 0.3) is 5.91 Å². The molecule has 0 radical (unpaired) electrons. The van der Waals surface area contributed by atoms with E-state index in [1.54, 1.807) is 12.1 Å². The highest BCUT2D eigenvalue weighted by Crippen LogP contribution is 2.22. The zero-order valence-corrected chi connectivity index (χ0v) is 12.6. The van der Waals surface area contributed by atoms with E-state index in [4.69, 9.17) is 5.73 Å². The molecule has 1 heterocycles. The molecule has 21 heavy (non-hydrogen) atoms. The van der Waals surface area contributed by atoms with Crippen molar-refractivity contribution in [3.05, 3.63) is 35.5 Å². The van der Waals surface area contributed by atoms with E-state index in [0.29, 0.717) is 17.1 Å². The quantitative estimate of drug-likeness (QED) is 0.736. The predicted molar refractivity (Wildman–Crippen MR) is 85.7 cm³/mol. The average molecular weight is 287 g/mol. The lowest BCUT2D eigenvalue weighted by atomic mass is 10.1. The van der Waals surface area contributed by atoms with Crippen molar-refractivity contribution in [2.24, 2.45) is 0 Å². The summed E-state index contributed by atoms with van der Waals surface area (Å²) in [4.78, 5) is 14.1. The number of aryl methyl sites for hydroxylation is 1. The molecule has 0 unspecified atom stereocenters. The summed E-state index contributed by atoms with van der Waals surface area (Å²) in [5, 5.41) is 9.74. The van der Waals surface area contributed by atoms with Crippen LogP contribution in [0.15, 0.2) is 24.3 Å². The number of anilines is 3. The molecule has 2 aromatic rings. The molecule has 0 saturated heterocycles. The zero-order valence-electron chi connectivity index (χ0n) is 12.6. The van der Waals surface area contributed by atoms with Crippen molar-refractivity contribution < 1.29 is 4.79 Å². The van der Waals surface area contributed by atoms with Gasteiger partial charge in [-0.3, -0.25) is 9.89 Å². The second-order valence-electron chi connectivity index (χ2n) is 5.15. The lowest BCUT2D eigenvalue weighted by Crippen LogP contribution is -2.15.